The Morgan fingerprint density at radius 2 is 1.69 bits per heavy atom. The lowest BCUT2D eigenvalue weighted by Crippen LogP contribution is -2.73. The molecule has 0 radical (unpaired) electrons. The Balaban J connectivity index is 1.84. The van der Waals surface area contributed by atoms with Crippen LogP contribution in [0.15, 0.2) is 23.3 Å². The van der Waals surface area contributed by atoms with E-state index < -0.39 is 80.5 Å². The number of aliphatic carboxylic acids is 1. The largest absolute Gasteiger partial charge is 0.481 e. The van der Waals surface area contributed by atoms with Gasteiger partial charge in [-0.25, -0.2) is 0 Å². The smallest absolute Gasteiger partial charge is 0.306 e. The molecule has 0 amide bonds. The van der Waals surface area contributed by atoms with Gasteiger partial charge in [0.1, 0.15) is 11.6 Å². The van der Waals surface area contributed by atoms with E-state index in [-0.39, 0.29) is 36.2 Å². The second kappa shape index (κ2) is 8.51. The van der Waals surface area contributed by atoms with Crippen molar-refractivity contribution < 1.29 is 44.4 Å². The lowest BCUT2D eigenvalue weighted by atomic mass is 9.38. The summed E-state index contributed by atoms with van der Waals surface area (Å²) in [6.07, 6.45) is 0.604. The van der Waals surface area contributed by atoms with E-state index in [1.54, 1.807) is 13.8 Å². The number of aliphatic hydroxyl groups excluding tert-OH is 1. The topological polar surface area (TPSA) is 166 Å². The van der Waals surface area contributed by atoms with Crippen molar-refractivity contribution in [2.75, 3.05) is 0 Å². The van der Waals surface area contributed by atoms with Crippen molar-refractivity contribution in [2.45, 2.75) is 97.9 Å². The van der Waals surface area contributed by atoms with Gasteiger partial charge in [0.15, 0.2) is 17.2 Å². The average molecular weight is 545 g/mol. The molecule has 0 aromatic carbocycles. The molecule has 2 fully saturated rings. The molecule has 0 spiro atoms. The normalized spacial score (nSPS) is 41.4. The van der Waals surface area contributed by atoms with Crippen molar-refractivity contribution in [1.29, 1.82) is 0 Å². The highest BCUT2D eigenvalue weighted by molar-refractivity contribution is 6.07. The Bertz CT molecular complexity index is 1250. The minimum absolute atomic E-state index is 0.00859. The van der Waals surface area contributed by atoms with Gasteiger partial charge in [-0.15, -0.1) is 0 Å². The van der Waals surface area contributed by atoms with Crippen molar-refractivity contribution in [3.63, 3.8) is 0 Å². The number of carboxylic acid groups (broad SMARTS) is 1. The van der Waals surface area contributed by atoms with E-state index >= 15 is 0 Å². The van der Waals surface area contributed by atoms with E-state index in [1.807, 2.05) is 6.92 Å². The van der Waals surface area contributed by atoms with Crippen LogP contribution in [0.5, 0.6) is 0 Å². The summed E-state index contributed by atoms with van der Waals surface area (Å²) in [5, 5.41) is 44.7. The van der Waals surface area contributed by atoms with Crippen LogP contribution < -0.4 is 0 Å². The molecule has 0 saturated heterocycles. The molecule has 9 nitrogen and oxygen atoms in total. The minimum Gasteiger partial charge on any atom is -0.481 e. The summed E-state index contributed by atoms with van der Waals surface area (Å²) in [5.41, 5.74) is -9.33. The lowest BCUT2D eigenvalue weighted by molar-refractivity contribution is -0.195. The molecule has 4 aliphatic rings. The molecule has 4 aliphatic carbocycles. The van der Waals surface area contributed by atoms with Crippen molar-refractivity contribution in [1.82, 2.24) is 0 Å². The second-order valence-electron chi connectivity index (χ2n) is 13.7. The number of carbonyl (C=O) groups excluding carboxylic acids is 4. The molecule has 214 valence electrons. The Morgan fingerprint density at radius 1 is 1.10 bits per heavy atom. The molecule has 0 aromatic heterocycles. The number of rotatable bonds is 6. The Hall–Kier alpha value is -2.49. The third-order valence-corrected chi connectivity index (χ3v) is 11.1. The van der Waals surface area contributed by atoms with Gasteiger partial charge in [0.2, 0.25) is 0 Å². The predicted octanol–water partition coefficient (Wildman–Crippen LogP) is 2.35. The molecule has 0 heterocycles. The molecular formula is C30H40O9. The quantitative estimate of drug-likeness (QED) is 0.367. The first-order valence-electron chi connectivity index (χ1n) is 13.6. The van der Waals surface area contributed by atoms with Crippen molar-refractivity contribution in [3.8, 4) is 0 Å². The van der Waals surface area contributed by atoms with Crippen LogP contribution >= 0.6 is 0 Å². The number of Topliss-reactive ketones (excluding diaryl/α,β-unsaturated/α-hetero) is 3. The summed E-state index contributed by atoms with van der Waals surface area (Å²) in [6.45, 7) is 11.1. The van der Waals surface area contributed by atoms with Crippen LogP contribution in [-0.4, -0.2) is 66.8 Å². The summed E-state index contributed by atoms with van der Waals surface area (Å²) in [7, 11) is 0. The molecule has 0 aliphatic heterocycles. The maximum atomic E-state index is 14.1. The minimum atomic E-state index is -2.27. The zero-order valence-corrected chi connectivity index (χ0v) is 23.8. The second-order valence-corrected chi connectivity index (χ2v) is 13.7. The van der Waals surface area contributed by atoms with Gasteiger partial charge in [0.25, 0.3) is 0 Å². The SMILES string of the molecule is C[C@@H](CC(=O)C[C@](C)(O)C1=C[C@@H](O)[C@]2(C)[C@]1(C)C(=O)C=C1[C@@]2(O)C(=O)C[C@H]2C(C)(C)C(=O)CC[C@]12C)C(=O)O. The standard InChI is InChI=1S/C30H40O9/c1-15(24(36)37)10-16(31)14-27(5,38)19-13-22(34)29(7)28(19,6)21(33)12-18-26(4)9-8-20(32)25(2,3)17(26)11-23(35)30(18,29)39/h12-13,15,17,22,34,38-39H,8-11,14H2,1-7H3,(H,36,37)/t15-,17-,22+,26-,27-,28-,29+,30+/m0/s1. The molecule has 2 saturated carbocycles. The van der Waals surface area contributed by atoms with E-state index in [4.69, 9.17) is 5.11 Å². The van der Waals surface area contributed by atoms with Gasteiger partial charge in [0, 0.05) is 31.1 Å². The van der Waals surface area contributed by atoms with Crippen molar-refractivity contribution in [2.24, 2.45) is 33.5 Å². The zero-order valence-electron chi connectivity index (χ0n) is 23.8. The fourth-order valence-corrected chi connectivity index (χ4v) is 8.40. The summed E-state index contributed by atoms with van der Waals surface area (Å²) < 4.78 is 0. The summed E-state index contributed by atoms with van der Waals surface area (Å²) >= 11 is 0. The highest BCUT2D eigenvalue weighted by Gasteiger charge is 2.78. The molecular weight excluding hydrogens is 504 g/mol. The molecule has 4 N–H and O–H groups in total. The number of allylic oxidation sites excluding steroid dienone is 1. The van der Waals surface area contributed by atoms with Crippen LogP contribution in [0.4, 0.5) is 0 Å². The van der Waals surface area contributed by atoms with Gasteiger partial charge in [-0.05, 0) is 48.8 Å². The summed E-state index contributed by atoms with van der Waals surface area (Å²) in [4.78, 5) is 64.9. The number of carboxylic acids is 1. The number of hydrogen-bond acceptors (Lipinski definition) is 8. The summed E-state index contributed by atoms with van der Waals surface area (Å²) in [5.74, 6) is -4.23. The third-order valence-electron chi connectivity index (χ3n) is 11.1. The van der Waals surface area contributed by atoms with E-state index in [1.165, 1.54) is 39.8 Å². The molecule has 0 bridgehead atoms. The van der Waals surface area contributed by atoms with Crippen molar-refractivity contribution >= 4 is 29.1 Å². The van der Waals surface area contributed by atoms with E-state index in [0.717, 1.165) is 0 Å². The maximum absolute atomic E-state index is 14.1. The van der Waals surface area contributed by atoms with Gasteiger partial charge < -0.3 is 20.4 Å². The number of fused-ring (bicyclic) bond motifs is 5. The van der Waals surface area contributed by atoms with E-state index in [9.17, 15) is 39.3 Å². The number of hydrogen-bond donors (Lipinski definition) is 4. The van der Waals surface area contributed by atoms with Crippen LogP contribution in [0.2, 0.25) is 0 Å². The number of ketones is 4. The van der Waals surface area contributed by atoms with E-state index in [2.05, 4.69) is 0 Å². The first-order valence-corrected chi connectivity index (χ1v) is 13.6. The van der Waals surface area contributed by atoms with Gasteiger partial charge in [-0.2, -0.15) is 0 Å². The fourth-order valence-electron chi connectivity index (χ4n) is 8.40. The summed E-state index contributed by atoms with van der Waals surface area (Å²) in [6, 6.07) is 0. The van der Waals surface area contributed by atoms with E-state index in [0.29, 0.717) is 6.42 Å². The van der Waals surface area contributed by atoms with Gasteiger partial charge in [-0.1, -0.05) is 40.7 Å². The molecule has 4 rings (SSSR count). The molecule has 39 heavy (non-hydrogen) atoms. The predicted molar refractivity (Wildman–Crippen MR) is 139 cm³/mol. The average Bonchev–Trinajstić information content (AvgIpc) is 3.04. The molecule has 9 heteroatoms. The molecule has 0 aromatic rings. The van der Waals surface area contributed by atoms with Crippen LogP contribution in [-0.2, 0) is 24.0 Å². The Morgan fingerprint density at radius 3 is 2.26 bits per heavy atom. The van der Waals surface area contributed by atoms with Crippen molar-refractivity contribution in [3.05, 3.63) is 23.3 Å². The van der Waals surface area contributed by atoms with Gasteiger partial charge >= 0.3 is 5.97 Å². The number of aliphatic hydroxyl groups is 3. The van der Waals surface area contributed by atoms with Crippen LogP contribution in [0.1, 0.15) is 80.6 Å². The van der Waals surface area contributed by atoms with Gasteiger partial charge in [-0.3, -0.25) is 24.0 Å². The first-order chi connectivity index (χ1) is 17.6. The number of carbonyl (C=O) groups is 5. The third kappa shape index (κ3) is 3.51. The molecule has 0 unspecified atom stereocenters. The highest BCUT2D eigenvalue weighted by Crippen LogP contribution is 2.71. The zero-order chi connectivity index (χ0) is 29.7. The fraction of sp³-hybridized carbons (Fsp3) is 0.700. The maximum Gasteiger partial charge on any atom is 0.306 e. The Kier molecular flexibility index (Phi) is 6.43. The van der Waals surface area contributed by atoms with Crippen LogP contribution in [0, 0.1) is 33.5 Å². The lowest BCUT2D eigenvalue weighted by Gasteiger charge is -2.64. The van der Waals surface area contributed by atoms with Crippen LogP contribution in [0.3, 0.4) is 0 Å². The Labute approximate surface area is 228 Å². The van der Waals surface area contributed by atoms with Crippen LogP contribution in [0.25, 0.3) is 0 Å². The monoisotopic (exact) mass is 544 g/mol. The molecule has 8 atom stereocenters. The first kappa shape index (κ1) is 29.5. The van der Waals surface area contributed by atoms with Gasteiger partial charge in [0.05, 0.1) is 28.5 Å². The highest BCUT2D eigenvalue weighted by atomic mass is 16.4.